The molecule has 2 saturated carbocycles. The zero-order chi connectivity index (χ0) is 12.1. The highest BCUT2D eigenvalue weighted by atomic mass is 16.2. The molecule has 2 aliphatic carbocycles. The molecule has 1 unspecified atom stereocenters. The van der Waals surface area contributed by atoms with Gasteiger partial charge in [-0.05, 0) is 45.1 Å². The number of amides is 1. The van der Waals surface area contributed by atoms with E-state index in [-0.39, 0.29) is 11.9 Å². The first kappa shape index (κ1) is 12.9. The van der Waals surface area contributed by atoms with E-state index >= 15 is 0 Å². The van der Waals surface area contributed by atoms with Crippen LogP contribution in [0.5, 0.6) is 0 Å². The lowest BCUT2D eigenvalue weighted by Gasteiger charge is -2.28. The second kappa shape index (κ2) is 6.39. The van der Waals surface area contributed by atoms with E-state index in [1.165, 1.54) is 51.4 Å². The first-order valence-electron chi connectivity index (χ1n) is 7.29. The van der Waals surface area contributed by atoms with Gasteiger partial charge in [0.15, 0.2) is 0 Å². The van der Waals surface area contributed by atoms with Crippen molar-refractivity contribution < 1.29 is 4.79 Å². The van der Waals surface area contributed by atoms with Gasteiger partial charge in [-0.3, -0.25) is 4.79 Å². The molecule has 0 aromatic carbocycles. The average molecular weight is 238 g/mol. The molecule has 0 aromatic rings. The lowest BCUT2D eigenvalue weighted by Crippen LogP contribution is -2.48. The van der Waals surface area contributed by atoms with Crippen molar-refractivity contribution in [2.45, 2.75) is 70.4 Å². The van der Waals surface area contributed by atoms with Crippen LogP contribution in [0.25, 0.3) is 0 Å². The molecular weight excluding hydrogens is 212 g/mol. The summed E-state index contributed by atoms with van der Waals surface area (Å²) < 4.78 is 0. The van der Waals surface area contributed by atoms with Crippen LogP contribution in [-0.2, 0) is 4.79 Å². The summed E-state index contributed by atoms with van der Waals surface area (Å²) >= 11 is 0. The predicted octanol–water partition coefficient (Wildman–Crippen LogP) is 2.21. The molecule has 0 heterocycles. The smallest absolute Gasteiger partial charge is 0.237 e. The Morgan fingerprint density at radius 2 is 1.82 bits per heavy atom. The molecular formula is C14H26N2O. The van der Waals surface area contributed by atoms with Crippen molar-refractivity contribution in [2.24, 2.45) is 5.92 Å². The fourth-order valence-corrected chi connectivity index (χ4v) is 2.71. The van der Waals surface area contributed by atoms with E-state index in [0.717, 1.165) is 12.5 Å². The lowest BCUT2D eigenvalue weighted by molar-refractivity contribution is -0.123. The minimum absolute atomic E-state index is 0.0301. The van der Waals surface area contributed by atoms with Crippen LogP contribution in [0.1, 0.15) is 58.3 Å². The molecule has 0 radical (unpaired) electrons. The lowest BCUT2D eigenvalue weighted by atomic mass is 9.85. The third-order valence-corrected chi connectivity index (χ3v) is 4.28. The summed E-state index contributed by atoms with van der Waals surface area (Å²) in [5.74, 6) is 1.01. The molecule has 17 heavy (non-hydrogen) atoms. The quantitative estimate of drug-likeness (QED) is 0.771. The maximum absolute atomic E-state index is 12.0. The van der Waals surface area contributed by atoms with Gasteiger partial charge in [0.1, 0.15) is 0 Å². The van der Waals surface area contributed by atoms with Crippen LogP contribution in [0.15, 0.2) is 0 Å². The fraction of sp³-hybridized carbons (Fsp3) is 0.929. The Morgan fingerprint density at radius 1 is 1.12 bits per heavy atom. The highest BCUT2D eigenvalue weighted by molar-refractivity contribution is 5.81. The molecule has 2 aliphatic rings. The molecule has 0 spiro atoms. The van der Waals surface area contributed by atoms with Crippen LogP contribution < -0.4 is 10.6 Å². The number of hydrogen-bond donors (Lipinski definition) is 2. The molecule has 2 fully saturated rings. The average Bonchev–Trinajstić information content (AvgIpc) is 2.28. The molecule has 3 nitrogen and oxygen atoms in total. The van der Waals surface area contributed by atoms with E-state index in [1.807, 2.05) is 6.92 Å². The van der Waals surface area contributed by atoms with Crippen molar-refractivity contribution >= 4 is 5.91 Å². The molecule has 0 aromatic heterocycles. The van der Waals surface area contributed by atoms with Crippen molar-refractivity contribution in [1.29, 1.82) is 0 Å². The van der Waals surface area contributed by atoms with Gasteiger partial charge >= 0.3 is 0 Å². The monoisotopic (exact) mass is 238 g/mol. The zero-order valence-corrected chi connectivity index (χ0v) is 11.0. The van der Waals surface area contributed by atoms with Crippen LogP contribution in [-0.4, -0.2) is 24.5 Å². The minimum Gasteiger partial charge on any atom is -0.352 e. The van der Waals surface area contributed by atoms with E-state index < -0.39 is 0 Å². The highest BCUT2D eigenvalue weighted by Gasteiger charge is 2.22. The van der Waals surface area contributed by atoms with E-state index in [0.29, 0.717) is 6.04 Å². The second-order valence-corrected chi connectivity index (χ2v) is 5.77. The predicted molar refractivity (Wildman–Crippen MR) is 69.8 cm³/mol. The third-order valence-electron chi connectivity index (χ3n) is 4.28. The number of rotatable bonds is 5. The van der Waals surface area contributed by atoms with E-state index in [4.69, 9.17) is 0 Å². The SMILES string of the molecule is CC(NCC1CCC1)C(=O)NC1CCCCC1. The molecule has 1 atom stereocenters. The summed E-state index contributed by atoms with van der Waals surface area (Å²) in [5, 5.41) is 6.54. The molecule has 0 saturated heterocycles. The summed E-state index contributed by atoms with van der Waals surface area (Å²) in [6, 6.07) is 0.404. The highest BCUT2D eigenvalue weighted by Crippen LogP contribution is 2.25. The van der Waals surface area contributed by atoms with Crippen molar-refractivity contribution in [1.82, 2.24) is 10.6 Å². The Hall–Kier alpha value is -0.570. The number of carbonyl (C=O) groups excluding carboxylic acids is 1. The molecule has 2 rings (SSSR count). The molecule has 3 heteroatoms. The standard InChI is InChI=1S/C14H26N2O/c1-11(15-10-12-6-5-7-12)14(17)16-13-8-3-2-4-9-13/h11-13,15H,2-10H2,1H3,(H,16,17). The Balaban J connectivity index is 1.63. The maximum Gasteiger partial charge on any atom is 0.237 e. The van der Waals surface area contributed by atoms with E-state index in [9.17, 15) is 4.79 Å². The second-order valence-electron chi connectivity index (χ2n) is 5.77. The summed E-state index contributed by atoms with van der Waals surface area (Å²) in [6.45, 7) is 3.00. The van der Waals surface area contributed by atoms with Gasteiger partial charge < -0.3 is 10.6 Å². The van der Waals surface area contributed by atoms with E-state index in [2.05, 4.69) is 10.6 Å². The Bertz CT molecular complexity index is 245. The van der Waals surface area contributed by atoms with Crippen LogP contribution >= 0.6 is 0 Å². The van der Waals surface area contributed by atoms with Crippen LogP contribution in [0.2, 0.25) is 0 Å². The van der Waals surface area contributed by atoms with Gasteiger partial charge in [-0.1, -0.05) is 25.7 Å². The first-order valence-corrected chi connectivity index (χ1v) is 7.29. The molecule has 1 amide bonds. The van der Waals surface area contributed by atoms with Gasteiger partial charge in [0.05, 0.1) is 6.04 Å². The Kier molecular flexibility index (Phi) is 4.84. The number of carbonyl (C=O) groups is 1. The van der Waals surface area contributed by atoms with Gasteiger partial charge in [-0.15, -0.1) is 0 Å². The van der Waals surface area contributed by atoms with Gasteiger partial charge in [0.2, 0.25) is 5.91 Å². The van der Waals surface area contributed by atoms with Gasteiger partial charge in [0, 0.05) is 6.04 Å². The van der Waals surface area contributed by atoms with Crippen molar-refractivity contribution in [3.63, 3.8) is 0 Å². The van der Waals surface area contributed by atoms with Gasteiger partial charge in [-0.25, -0.2) is 0 Å². The first-order chi connectivity index (χ1) is 8.25. The Morgan fingerprint density at radius 3 is 2.41 bits per heavy atom. The van der Waals surface area contributed by atoms with Crippen LogP contribution in [0.3, 0.4) is 0 Å². The van der Waals surface area contributed by atoms with Crippen molar-refractivity contribution in [2.75, 3.05) is 6.54 Å². The normalized spacial score (nSPS) is 24.1. The molecule has 98 valence electrons. The van der Waals surface area contributed by atoms with Gasteiger partial charge in [0.25, 0.3) is 0 Å². The summed E-state index contributed by atoms with van der Waals surface area (Å²) in [5.41, 5.74) is 0. The van der Waals surface area contributed by atoms with Crippen LogP contribution in [0, 0.1) is 5.92 Å². The molecule has 0 aliphatic heterocycles. The van der Waals surface area contributed by atoms with E-state index in [1.54, 1.807) is 0 Å². The topological polar surface area (TPSA) is 41.1 Å². The molecule has 2 N–H and O–H groups in total. The minimum atomic E-state index is -0.0301. The summed E-state index contributed by atoms with van der Waals surface area (Å²) in [7, 11) is 0. The number of nitrogens with one attached hydrogen (secondary N) is 2. The third kappa shape index (κ3) is 3.98. The van der Waals surface area contributed by atoms with Crippen molar-refractivity contribution in [3.8, 4) is 0 Å². The van der Waals surface area contributed by atoms with Crippen molar-refractivity contribution in [3.05, 3.63) is 0 Å². The molecule has 0 bridgehead atoms. The Labute approximate surface area is 105 Å². The summed E-state index contributed by atoms with van der Waals surface area (Å²) in [4.78, 5) is 12.0. The number of hydrogen-bond acceptors (Lipinski definition) is 2. The summed E-state index contributed by atoms with van der Waals surface area (Å²) in [6.07, 6.45) is 10.3. The fourth-order valence-electron chi connectivity index (χ4n) is 2.71. The van der Waals surface area contributed by atoms with Crippen LogP contribution in [0.4, 0.5) is 0 Å². The van der Waals surface area contributed by atoms with Gasteiger partial charge in [-0.2, -0.15) is 0 Å². The largest absolute Gasteiger partial charge is 0.352 e. The zero-order valence-electron chi connectivity index (χ0n) is 11.0. The maximum atomic E-state index is 12.0.